The number of nitro groups is 1. The van der Waals surface area contributed by atoms with Crippen molar-refractivity contribution in [3.63, 3.8) is 0 Å². The molecule has 0 saturated carbocycles. The Bertz CT molecular complexity index is 927. The van der Waals surface area contributed by atoms with E-state index in [1.165, 1.54) is 12.1 Å². The first-order chi connectivity index (χ1) is 14.8. The third-order valence-corrected chi connectivity index (χ3v) is 4.47. The minimum Gasteiger partial charge on any atom is -0.487 e. The molecule has 0 fully saturated rings. The van der Waals surface area contributed by atoms with Gasteiger partial charge in [-0.05, 0) is 64.1 Å². The predicted molar refractivity (Wildman–Crippen MR) is 118 cm³/mol. The number of hydrogen-bond acceptors (Lipinski definition) is 7. The third-order valence-electron chi connectivity index (χ3n) is 4.47. The van der Waals surface area contributed by atoms with E-state index in [4.69, 9.17) is 9.47 Å². The fourth-order valence-corrected chi connectivity index (χ4v) is 3.06. The molecule has 2 rings (SSSR count). The van der Waals surface area contributed by atoms with Crippen LogP contribution in [0.15, 0.2) is 42.5 Å². The summed E-state index contributed by atoms with van der Waals surface area (Å²) in [7, 11) is 0. The number of hydrogen-bond donors (Lipinski definition) is 1. The van der Waals surface area contributed by atoms with E-state index >= 15 is 0 Å². The van der Waals surface area contributed by atoms with Crippen molar-refractivity contribution in [2.75, 3.05) is 30.0 Å². The number of carbonyl (C=O) groups excluding carboxylic acids is 2. The second-order valence-electron chi connectivity index (χ2n) is 6.92. The standard InChI is InChI=1S/C22H27N3O6/c1-5-24(15(3)4)18-10-8-17(9-11-18)23-21(26)14-31-22(27)16-7-12-20(30-6-2)19(13-16)25(28)29/h7-13,15H,5-6,14H2,1-4H3,(H,23,26). The van der Waals surface area contributed by atoms with Crippen LogP contribution in [-0.4, -0.2) is 42.6 Å². The van der Waals surface area contributed by atoms with Crippen LogP contribution in [0.2, 0.25) is 0 Å². The van der Waals surface area contributed by atoms with Gasteiger partial charge in [0.25, 0.3) is 5.91 Å². The molecule has 0 radical (unpaired) electrons. The molecule has 166 valence electrons. The Hall–Kier alpha value is -3.62. The van der Waals surface area contributed by atoms with Crippen LogP contribution >= 0.6 is 0 Å². The number of esters is 1. The lowest BCUT2D eigenvalue weighted by Gasteiger charge is -2.27. The van der Waals surface area contributed by atoms with E-state index in [1.54, 1.807) is 19.1 Å². The summed E-state index contributed by atoms with van der Waals surface area (Å²) < 4.78 is 10.2. The first kappa shape index (κ1) is 23.7. The van der Waals surface area contributed by atoms with Gasteiger partial charge < -0.3 is 19.7 Å². The summed E-state index contributed by atoms with van der Waals surface area (Å²) in [6.07, 6.45) is 0. The topological polar surface area (TPSA) is 111 Å². The summed E-state index contributed by atoms with van der Waals surface area (Å²) in [5, 5.41) is 13.8. The Morgan fingerprint density at radius 1 is 1.13 bits per heavy atom. The van der Waals surface area contributed by atoms with Gasteiger partial charge in [0, 0.05) is 30.0 Å². The molecule has 9 nitrogen and oxygen atoms in total. The Morgan fingerprint density at radius 2 is 1.81 bits per heavy atom. The van der Waals surface area contributed by atoms with Gasteiger partial charge in [0.05, 0.1) is 17.1 Å². The maximum atomic E-state index is 12.2. The van der Waals surface area contributed by atoms with Crippen LogP contribution in [-0.2, 0) is 9.53 Å². The lowest BCUT2D eigenvalue weighted by molar-refractivity contribution is -0.385. The molecule has 2 aromatic carbocycles. The summed E-state index contributed by atoms with van der Waals surface area (Å²) in [5.41, 5.74) is 1.23. The molecule has 0 unspecified atom stereocenters. The minimum atomic E-state index is -0.841. The van der Waals surface area contributed by atoms with Gasteiger partial charge in [0.15, 0.2) is 12.4 Å². The summed E-state index contributed by atoms with van der Waals surface area (Å²) in [6.45, 7) is 8.57. The van der Waals surface area contributed by atoms with Crippen LogP contribution < -0.4 is 15.0 Å². The van der Waals surface area contributed by atoms with Gasteiger partial charge in [-0.15, -0.1) is 0 Å². The number of benzene rings is 2. The van der Waals surface area contributed by atoms with Crippen LogP contribution in [0.5, 0.6) is 5.75 Å². The minimum absolute atomic E-state index is 0.0411. The zero-order valence-corrected chi connectivity index (χ0v) is 18.1. The molecule has 0 aromatic heterocycles. The SMILES string of the molecule is CCOc1ccc(C(=O)OCC(=O)Nc2ccc(N(CC)C(C)C)cc2)cc1[N+](=O)[O-]. The molecule has 0 bridgehead atoms. The van der Waals surface area contributed by atoms with Gasteiger partial charge in [-0.25, -0.2) is 4.79 Å². The maximum Gasteiger partial charge on any atom is 0.338 e. The van der Waals surface area contributed by atoms with Gasteiger partial charge in [-0.1, -0.05) is 0 Å². The zero-order chi connectivity index (χ0) is 23.0. The molecule has 0 aliphatic carbocycles. The monoisotopic (exact) mass is 429 g/mol. The molecule has 2 aromatic rings. The smallest absolute Gasteiger partial charge is 0.338 e. The molecule has 9 heteroatoms. The van der Waals surface area contributed by atoms with Crippen molar-refractivity contribution < 1.29 is 24.0 Å². The number of ether oxygens (including phenoxy) is 2. The average molecular weight is 429 g/mol. The molecule has 31 heavy (non-hydrogen) atoms. The highest BCUT2D eigenvalue weighted by Gasteiger charge is 2.20. The summed E-state index contributed by atoms with van der Waals surface area (Å²) in [4.78, 5) is 37.0. The Labute approximate surface area is 181 Å². The van der Waals surface area contributed by atoms with E-state index in [-0.39, 0.29) is 23.6 Å². The van der Waals surface area contributed by atoms with Crippen molar-refractivity contribution in [1.82, 2.24) is 0 Å². The van der Waals surface area contributed by atoms with Gasteiger partial charge in [0.2, 0.25) is 0 Å². The van der Waals surface area contributed by atoms with Gasteiger partial charge in [0.1, 0.15) is 0 Å². The molecule has 0 heterocycles. The Kier molecular flexibility index (Phi) is 8.36. The van der Waals surface area contributed by atoms with Crippen molar-refractivity contribution >= 4 is 28.9 Å². The van der Waals surface area contributed by atoms with Crippen molar-refractivity contribution in [2.45, 2.75) is 33.7 Å². The molecule has 0 aliphatic rings. The summed E-state index contributed by atoms with van der Waals surface area (Å²) >= 11 is 0. The van der Waals surface area contributed by atoms with E-state index in [0.29, 0.717) is 11.7 Å². The molecule has 0 spiro atoms. The first-order valence-electron chi connectivity index (χ1n) is 10.0. The fraction of sp³-hybridized carbons (Fsp3) is 0.364. The van der Waals surface area contributed by atoms with E-state index in [2.05, 4.69) is 31.0 Å². The largest absolute Gasteiger partial charge is 0.487 e. The molecule has 1 amide bonds. The highest BCUT2D eigenvalue weighted by Crippen LogP contribution is 2.28. The maximum absolute atomic E-state index is 12.2. The van der Waals surface area contributed by atoms with Crippen LogP contribution in [0.25, 0.3) is 0 Å². The summed E-state index contributed by atoms with van der Waals surface area (Å²) in [5.74, 6) is -1.30. The third kappa shape index (κ3) is 6.43. The summed E-state index contributed by atoms with van der Waals surface area (Å²) in [6, 6.07) is 11.5. The van der Waals surface area contributed by atoms with Crippen LogP contribution in [0.1, 0.15) is 38.1 Å². The van der Waals surface area contributed by atoms with Gasteiger partial charge in [-0.2, -0.15) is 0 Å². The quantitative estimate of drug-likeness (QED) is 0.345. The lowest BCUT2D eigenvalue weighted by atomic mass is 10.2. The molecule has 0 aliphatic heterocycles. The first-order valence-corrected chi connectivity index (χ1v) is 10.0. The molecule has 1 N–H and O–H groups in total. The Morgan fingerprint density at radius 3 is 2.35 bits per heavy atom. The van der Waals surface area contributed by atoms with E-state index in [9.17, 15) is 19.7 Å². The van der Waals surface area contributed by atoms with Crippen molar-refractivity contribution in [2.24, 2.45) is 0 Å². The molecular weight excluding hydrogens is 402 g/mol. The Balaban J connectivity index is 1.96. The highest BCUT2D eigenvalue weighted by atomic mass is 16.6. The van der Waals surface area contributed by atoms with Crippen LogP contribution in [0.4, 0.5) is 17.1 Å². The number of nitrogens with one attached hydrogen (secondary N) is 1. The molecular formula is C22H27N3O6. The predicted octanol–water partition coefficient (Wildman–Crippen LogP) is 4.02. The number of rotatable bonds is 10. The number of nitro benzene ring substituents is 1. The van der Waals surface area contributed by atoms with Crippen molar-refractivity contribution in [1.29, 1.82) is 0 Å². The molecule has 0 atom stereocenters. The normalized spacial score (nSPS) is 10.5. The van der Waals surface area contributed by atoms with E-state index < -0.39 is 23.4 Å². The van der Waals surface area contributed by atoms with E-state index in [0.717, 1.165) is 18.3 Å². The van der Waals surface area contributed by atoms with Crippen molar-refractivity contribution in [3.05, 3.63) is 58.1 Å². The number of anilines is 2. The van der Waals surface area contributed by atoms with Gasteiger partial charge in [-0.3, -0.25) is 14.9 Å². The zero-order valence-electron chi connectivity index (χ0n) is 18.1. The lowest BCUT2D eigenvalue weighted by Crippen LogP contribution is -2.30. The van der Waals surface area contributed by atoms with Crippen LogP contribution in [0.3, 0.4) is 0 Å². The van der Waals surface area contributed by atoms with Crippen LogP contribution in [0, 0.1) is 10.1 Å². The second-order valence-corrected chi connectivity index (χ2v) is 6.92. The van der Waals surface area contributed by atoms with E-state index in [1.807, 2.05) is 12.1 Å². The fourth-order valence-electron chi connectivity index (χ4n) is 3.06. The highest BCUT2D eigenvalue weighted by molar-refractivity contribution is 5.96. The van der Waals surface area contributed by atoms with Crippen molar-refractivity contribution in [3.8, 4) is 5.75 Å². The number of carbonyl (C=O) groups is 2. The van der Waals surface area contributed by atoms with Gasteiger partial charge >= 0.3 is 11.7 Å². The number of nitrogens with zero attached hydrogens (tertiary/aromatic N) is 2. The average Bonchev–Trinajstić information content (AvgIpc) is 2.74. The number of amides is 1. The second kappa shape index (κ2) is 11.0. The molecule has 0 saturated heterocycles.